The van der Waals surface area contributed by atoms with Crippen molar-refractivity contribution in [2.75, 3.05) is 10.6 Å². The van der Waals surface area contributed by atoms with Gasteiger partial charge in [-0.15, -0.1) is 10.2 Å². The minimum absolute atomic E-state index is 0.130. The molecule has 12 heteroatoms. The Bertz CT molecular complexity index is 1400. The maximum atomic E-state index is 12.5. The topological polar surface area (TPSA) is 188 Å². The smallest absolute Gasteiger partial charge is 0.231 e. The third kappa shape index (κ3) is 7.74. The Morgan fingerprint density at radius 3 is 1.50 bits per heavy atom. The number of carbonyl (C=O) groups is 2. The molecule has 0 aromatic carbocycles. The molecule has 2 atom stereocenters. The van der Waals surface area contributed by atoms with Gasteiger partial charge in [0.05, 0.1) is 47.0 Å². The van der Waals surface area contributed by atoms with Crippen LogP contribution in [0.2, 0.25) is 0 Å². The van der Waals surface area contributed by atoms with E-state index < -0.39 is 0 Å². The first-order valence-corrected chi connectivity index (χ1v) is 14.1. The van der Waals surface area contributed by atoms with Crippen LogP contribution in [0.4, 0.5) is 11.6 Å². The van der Waals surface area contributed by atoms with Crippen molar-refractivity contribution < 1.29 is 9.59 Å². The summed E-state index contributed by atoms with van der Waals surface area (Å²) < 4.78 is 0. The van der Waals surface area contributed by atoms with Gasteiger partial charge in [0.2, 0.25) is 11.8 Å². The van der Waals surface area contributed by atoms with Crippen molar-refractivity contribution in [3.05, 3.63) is 94.8 Å². The molecule has 1 aliphatic rings. The maximum absolute atomic E-state index is 12.5. The zero-order valence-electron chi connectivity index (χ0n) is 23.2. The standard InChI is InChI=1S/C30H34N10O2/c31-17-23-8-2-6-21(33-23)15-29(41)35-27-12-10-25(37-39-27)19-4-1-5-20(14-19)26-11-13-28(40-38-26)36-30(42)16-22-7-3-9-24(18-32)34-22/h2-3,6-13,19-20H,1,4-5,14-18,31-32H2,(H,35,39,41)(H,36,40,42)/t19-,20-/m0/s1. The van der Waals surface area contributed by atoms with E-state index >= 15 is 0 Å². The predicted molar refractivity (Wildman–Crippen MR) is 157 cm³/mol. The van der Waals surface area contributed by atoms with E-state index in [2.05, 4.69) is 41.0 Å². The number of nitrogens with zero attached hydrogens (tertiary/aromatic N) is 6. The van der Waals surface area contributed by atoms with Gasteiger partial charge in [-0.3, -0.25) is 19.6 Å². The van der Waals surface area contributed by atoms with Gasteiger partial charge < -0.3 is 22.1 Å². The van der Waals surface area contributed by atoms with Crippen molar-refractivity contribution in [3.8, 4) is 0 Å². The molecule has 5 rings (SSSR count). The molecule has 4 heterocycles. The molecule has 4 aromatic heterocycles. The molecule has 0 radical (unpaired) electrons. The van der Waals surface area contributed by atoms with E-state index in [4.69, 9.17) is 11.5 Å². The lowest BCUT2D eigenvalue weighted by atomic mass is 9.78. The fourth-order valence-corrected chi connectivity index (χ4v) is 5.17. The number of hydrogen-bond donors (Lipinski definition) is 4. The summed E-state index contributed by atoms with van der Waals surface area (Å²) in [5, 5.41) is 22.9. The van der Waals surface area contributed by atoms with Crippen LogP contribution in [0.3, 0.4) is 0 Å². The lowest BCUT2D eigenvalue weighted by Gasteiger charge is -2.28. The van der Waals surface area contributed by atoms with Crippen molar-refractivity contribution in [1.82, 2.24) is 30.4 Å². The van der Waals surface area contributed by atoms with Crippen LogP contribution >= 0.6 is 0 Å². The third-order valence-corrected chi connectivity index (χ3v) is 7.25. The lowest BCUT2D eigenvalue weighted by Crippen LogP contribution is -2.19. The first-order chi connectivity index (χ1) is 20.5. The van der Waals surface area contributed by atoms with Crippen LogP contribution in [0.5, 0.6) is 0 Å². The summed E-state index contributed by atoms with van der Waals surface area (Å²) >= 11 is 0. The molecule has 1 saturated carbocycles. The number of aromatic nitrogens is 6. The highest BCUT2D eigenvalue weighted by Crippen LogP contribution is 2.40. The lowest BCUT2D eigenvalue weighted by molar-refractivity contribution is -0.116. The van der Waals surface area contributed by atoms with Gasteiger partial charge in [0.1, 0.15) is 0 Å². The fourth-order valence-electron chi connectivity index (χ4n) is 5.17. The Kier molecular flexibility index (Phi) is 9.47. The number of rotatable bonds is 10. The van der Waals surface area contributed by atoms with Crippen molar-refractivity contribution in [2.24, 2.45) is 11.5 Å². The molecule has 12 nitrogen and oxygen atoms in total. The highest BCUT2D eigenvalue weighted by Gasteiger charge is 2.27. The van der Waals surface area contributed by atoms with Crippen LogP contribution in [-0.2, 0) is 35.5 Å². The van der Waals surface area contributed by atoms with E-state index in [1.165, 1.54) is 0 Å². The number of nitrogens with two attached hydrogens (primary N) is 2. The van der Waals surface area contributed by atoms with Crippen molar-refractivity contribution >= 4 is 23.5 Å². The maximum Gasteiger partial charge on any atom is 0.231 e. The monoisotopic (exact) mass is 566 g/mol. The van der Waals surface area contributed by atoms with Gasteiger partial charge in [-0.05, 0) is 67.8 Å². The van der Waals surface area contributed by atoms with Gasteiger partial charge in [0.15, 0.2) is 11.6 Å². The van der Waals surface area contributed by atoms with Crippen LogP contribution in [0.1, 0.15) is 71.7 Å². The van der Waals surface area contributed by atoms with Crippen LogP contribution < -0.4 is 22.1 Å². The second kappa shape index (κ2) is 13.8. The van der Waals surface area contributed by atoms with Crippen molar-refractivity contribution in [3.63, 3.8) is 0 Å². The molecule has 1 aliphatic carbocycles. The van der Waals surface area contributed by atoms with Gasteiger partial charge in [-0.1, -0.05) is 18.6 Å². The summed E-state index contributed by atoms with van der Waals surface area (Å²) in [6.45, 7) is 0.648. The van der Waals surface area contributed by atoms with Gasteiger partial charge in [-0.2, -0.15) is 10.2 Å². The Balaban J connectivity index is 1.13. The number of anilines is 2. The van der Waals surface area contributed by atoms with Gasteiger partial charge >= 0.3 is 0 Å². The molecule has 2 amide bonds. The zero-order chi connectivity index (χ0) is 29.3. The summed E-state index contributed by atoms with van der Waals surface area (Å²) in [6.07, 6.45) is 4.16. The molecule has 1 fully saturated rings. The molecule has 216 valence electrons. The highest BCUT2D eigenvalue weighted by molar-refractivity contribution is 5.91. The molecule has 0 saturated heterocycles. The summed E-state index contributed by atoms with van der Waals surface area (Å²) in [4.78, 5) is 33.7. The molecule has 6 N–H and O–H groups in total. The first kappa shape index (κ1) is 28.8. The Labute approximate surface area is 243 Å². The van der Waals surface area contributed by atoms with Crippen LogP contribution in [0, 0.1) is 0 Å². The Morgan fingerprint density at radius 2 is 1.10 bits per heavy atom. The number of hydrogen-bond acceptors (Lipinski definition) is 10. The minimum Gasteiger partial charge on any atom is -0.325 e. The molecule has 0 spiro atoms. The minimum atomic E-state index is -0.216. The van der Waals surface area contributed by atoms with E-state index in [-0.39, 0.29) is 36.5 Å². The van der Waals surface area contributed by atoms with Gasteiger partial charge in [-0.25, -0.2) is 0 Å². The van der Waals surface area contributed by atoms with Crippen molar-refractivity contribution in [2.45, 2.75) is 63.5 Å². The Hall–Kier alpha value is -4.68. The van der Waals surface area contributed by atoms with Gasteiger partial charge in [0, 0.05) is 24.9 Å². The largest absolute Gasteiger partial charge is 0.325 e. The fraction of sp³-hybridized carbons (Fsp3) is 0.333. The SMILES string of the molecule is NCc1cccc(CC(=O)Nc2ccc([C@H]3CCC[C@H](c4ccc(NC(=O)Cc5cccc(CN)n5)nn4)C3)nn2)n1. The van der Waals surface area contributed by atoms with E-state index in [0.717, 1.165) is 48.5 Å². The molecule has 42 heavy (non-hydrogen) atoms. The number of pyridine rings is 2. The normalized spacial score (nSPS) is 16.5. The summed E-state index contributed by atoms with van der Waals surface area (Å²) in [6, 6.07) is 18.3. The first-order valence-electron chi connectivity index (χ1n) is 14.1. The summed E-state index contributed by atoms with van der Waals surface area (Å²) in [5.74, 6) is 0.818. The highest BCUT2D eigenvalue weighted by atomic mass is 16.2. The molecule has 0 unspecified atom stereocenters. The molecule has 4 aromatic rings. The van der Waals surface area contributed by atoms with Gasteiger partial charge in [0.25, 0.3) is 0 Å². The molecule has 0 bridgehead atoms. The summed E-state index contributed by atoms with van der Waals surface area (Å²) in [5.41, 5.74) is 15.8. The third-order valence-electron chi connectivity index (χ3n) is 7.25. The van der Waals surface area contributed by atoms with Crippen LogP contribution in [-0.4, -0.2) is 42.2 Å². The van der Waals surface area contributed by atoms with E-state index in [1.54, 1.807) is 24.3 Å². The number of amides is 2. The van der Waals surface area contributed by atoms with Crippen LogP contribution in [0.25, 0.3) is 0 Å². The second-order valence-electron chi connectivity index (χ2n) is 10.3. The van der Waals surface area contributed by atoms with Crippen LogP contribution in [0.15, 0.2) is 60.7 Å². The molecular weight excluding hydrogens is 532 g/mol. The second-order valence-corrected chi connectivity index (χ2v) is 10.3. The number of carbonyl (C=O) groups excluding carboxylic acids is 2. The quantitative estimate of drug-likeness (QED) is 0.222. The average molecular weight is 567 g/mol. The summed E-state index contributed by atoms with van der Waals surface area (Å²) in [7, 11) is 0. The molecular formula is C30H34N10O2. The molecule has 0 aliphatic heterocycles. The van der Waals surface area contributed by atoms with E-state index in [1.807, 2.05) is 36.4 Å². The van der Waals surface area contributed by atoms with E-state index in [0.29, 0.717) is 36.1 Å². The van der Waals surface area contributed by atoms with E-state index in [9.17, 15) is 9.59 Å². The predicted octanol–water partition coefficient (Wildman–Crippen LogP) is 2.78. The zero-order valence-corrected chi connectivity index (χ0v) is 23.2. The van der Waals surface area contributed by atoms with Crippen molar-refractivity contribution in [1.29, 1.82) is 0 Å². The average Bonchev–Trinajstić information content (AvgIpc) is 3.02. The Morgan fingerprint density at radius 1 is 0.643 bits per heavy atom. The number of nitrogens with one attached hydrogen (secondary N) is 2.